The number of hydrogen-bond acceptors (Lipinski definition) is 3. The van der Waals surface area contributed by atoms with E-state index in [4.69, 9.17) is 5.26 Å². The summed E-state index contributed by atoms with van der Waals surface area (Å²) in [6, 6.07) is 4.21. The van der Waals surface area contributed by atoms with Crippen LogP contribution in [-0.4, -0.2) is 17.6 Å². The lowest BCUT2D eigenvalue weighted by atomic mass is 10.2. The van der Waals surface area contributed by atoms with E-state index in [1.165, 1.54) is 6.07 Å². The van der Waals surface area contributed by atoms with E-state index < -0.39 is 11.9 Å². The number of nitriles is 1. The van der Waals surface area contributed by atoms with Gasteiger partial charge >= 0.3 is 6.18 Å². The maximum Gasteiger partial charge on any atom is 0.433 e. The van der Waals surface area contributed by atoms with Crippen LogP contribution in [0.5, 0.6) is 0 Å². The largest absolute Gasteiger partial charge is 0.433 e. The van der Waals surface area contributed by atoms with Crippen LogP contribution in [0.4, 0.5) is 19.0 Å². The average molecular weight is 269 g/mol. The molecule has 1 aromatic rings. The van der Waals surface area contributed by atoms with Crippen molar-refractivity contribution >= 4 is 5.82 Å². The number of anilines is 1. The molecule has 0 unspecified atom stereocenters. The van der Waals surface area contributed by atoms with E-state index in [1.807, 2.05) is 17.9 Å². The zero-order valence-electron chi connectivity index (χ0n) is 10.5. The molecule has 102 valence electrons. The molecule has 1 fully saturated rings. The van der Waals surface area contributed by atoms with E-state index in [2.05, 4.69) is 4.98 Å². The Morgan fingerprint density at radius 2 is 2.11 bits per heavy atom. The highest BCUT2D eigenvalue weighted by atomic mass is 19.4. The first-order chi connectivity index (χ1) is 8.97. The maximum atomic E-state index is 12.7. The predicted octanol–water partition coefficient (Wildman–Crippen LogP) is 3.35. The zero-order chi connectivity index (χ0) is 14.0. The van der Waals surface area contributed by atoms with Crippen LogP contribution in [0, 0.1) is 11.3 Å². The van der Waals surface area contributed by atoms with E-state index in [-0.39, 0.29) is 17.4 Å². The summed E-state index contributed by atoms with van der Waals surface area (Å²) >= 11 is 0. The van der Waals surface area contributed by atoms with Gasteiger partial charge < -0.3 is 4.90 Å². The Morgan fingerprint density at radius 3 is 2.58 bits per heavy atom. The molecular weight excluding hydrogens is 255 g/mol. The van der Waals surface area contributed by atoms with E-state index in [1.54, 1.807) is 0 Å². The first-order valence-corrected chi connectivity index (χ1v) is 6.22. The van der Waals surface area contributed by atoms with E-state index in [0.29, 0.717) is 6.54 Å². The quantitative estimate of drug-likeness (QED) is 0.841. The predicted molar refractivity (Wildman–Crippen MR) is 64.6 cm³/mol. The third-order valence-corrected chi connectivity index (χ3v) is 3.01. The molecule has 0 bridgehead atoms. The summed E-state index contributed by atoms with van der Waals surface area (Å²) in [7, 11) is 0. The Kier molecular flexibility index (Phi) is 3.65. The molecule has 19 heavy (non-hydrogen) atoms. The first-order valence-electron chi connectivity index (χ1n) is 6.22. The van der Waals surface area contributed by atoms with Gasteiger partial charge in [-0.15, -0.1) is 0 Å². The van der Waals surface area contributed by atoms with Gasteiger partial charge in [0.2, 0.25) is 0 Å². The molecule has 1 heterocycles. The van der Waals surface area contributed by atoms with E-state index in [0.717, 1.165) is 25.3 Å². The molecule has 1 saturated carbocycles. The molecule has 0 amide bonds. The van der Waals surface area contributed by atoms with Crippen LogP contribution in [0.25, 0.3) is 0 Å². The van der Waals surface area contributed by atoms with Crippen LogP contribution in [0.3, 0.4) is 0 Å². The minimum atomic E-state index is -4.48. The van der Waals surface area contributed by atoms with Crippen molar-refractivity contribution in [2.45, 2.75) is 38.4 Å². The second kappa shape index (κ2) is 5.08. The van der Waals surface area contributed by atoms with Gasteiger partial charge in [0.1, 0.15) is 17.6 Å². The Balaban J connectivity index is 2.43. The lowest BCUT2D eigenvalue weighted by molar-refractivity contribution is -0.141. The van der Waals surface area contributed by atoms with Gasteiger partial charge in [-0.2, -0.15) is 18.4 Å². The molecule has 0 aliphatic heterocycles. The molecule has 6 heteroatoms. The zero-order valence-corrected chi connectivity index (χ0v) is 10.5. The van der Waals surface area contributed by atoms with Crippen molar-refractivity contribution in [3.8, 4) is 6.07 Å². The Bertz CT molecular complexity index is 501. The molecule has 3 nitrogen and oxygen atoms in total. The highest BCUT2D eigenvalue weighted by molar-refractivity contribution is 5.56. The van der Waals surface area contributed by atoms with Crippen molar-refractivity contribution in [1.29, 1.82) is 5.26 Å². The van der Waals surface area contributed by atoms with Crippen LogP contribution < -0.4 is 4.90 Å². The van der Waals surface area contributed by atoms with Gasteiger partial charge in [0.15, 0.2) is 0 Å². The summed E-state index contributed by atoms with van der Waals surface area (Å²) in [5.41, 5.74) is -0.739. The highest BCUT2D eigenvalue weighted by Gasteiger charge is 2.36. The van der Waals surface area contributed by atoms with Crippen molar-refractivity contribution in [3.63, 3.8) is 0 Å². The van der Waals surface area contributed by atoms with Gasteiger partial charge in [0.25, 0.3) is 0 Å². The summed E-state index contributed by atoms with van der Waals surface area (Å²) in [4.78, 5) is 5.50. The van der Waals surface area contributed by atoms with Crippen molar-refractivity contribution in [3.05, 3.63) is 23.4 Å². The van der Waals surface area contributed by atoms with Crippen LogP contribution in [-0.2, 0) is 6.18 Å². The van der Waals surface area contributed by atoms with E-state index >= 15 is 0 Å². The topological polar surface area (TPSA) is 39.9 Å². The average Bonchev–Trinajstić information content (AvgIpc) is 3.18. The van der Waals surface area contributed by atoms with Crippen molar-refractivity contribution < 1.29 is 13.2 Å². The monoisotopic (exact) mass is 269 g/mol. The van der Waals surface area contributed by atoms with Crippen LogP contribution in [0.1, 0.15) is 37.4 Å². The third kappa shape index (κ3) is 2.98. The van der Waals surface area contributed by atoms with Gasteiger partial charge in [0.05, 0.1) is 5.56 Å². The number of alkyl halides is 3. The smallest absolute Gasteiger partial charge is 0.353 e. The number of halogens is 3. The van der Waals surface area contributed by atoms with Gasteiger partial charge in [-0.1, -0.05) is 6.92 Å². The molecular formula is C13H14F3N3. The maximum absolute atomic E-state index is 12.7. The fourth-order valence-corrected chi connectivity index (χ4v) is 2.00. The number of nitrogens with zero attached hydrogens (tertiary/aromatic N) is 3. The lowest BCUT2D eigenvalue weighted by Crippen LogP contribution is -2.29. The van der Waals surface area contributed by atoms with Crippen LogP contribution in [0.15, 0.2) is 12.1 Å². The molecule has 0 atom stereocenters. The summed E-state index contributed by atoms with van der Waals surface area (Å²) in [5, 5.41) is 9.03. The molecule has 0 aromatic carbocycles. The molecule has 1 aromatic heterocycles. The fourth-order valence-electron chi connectivity index (χ4n) is 2.00. The number of rotatable bonds is 4. The summed E-state index contributed by atoms with van der Waals surface area (Å²) in [6.07, 6.45) is -1.78. The Hall–Kier alpha value is -1.77. The summed E-state index contributed by atoms with van der Waals surface area (Å²) < 4.78 is 38.1. The lowest BCUT2D eigenvalue weighted by Gasteiger charge is -2.24. The van der Waals surface area contributed by atoms with Crippen molar-refractivity contribution in [1.82, 2.24) is 4.98 Å². The number of pyridine rings is 1. The Labute approximate surface area is 109 Å². The molecule has 1 aliphatic rings. The fraction of sp³-hybridized carbons (Fsp3) is 0.538. The third-order valence-electron chi connectivity index (χ3n) is 3.01. The molecule has 0 saturated heterocycles. The van der Waals surface area contributed by atoms with Crippen LogP contribution in [0.2, 0.25) is 0 Å². The van der Waals surface area contributed by atoms with Crippen molar-refractivity contribution in [2.75, 3.05) is 11.4 Å². The second-order valence-corrected chi connectivity index (χ2v) is 4.60. The SMILES string of the molecule is CCCN(c1nc(C(F)(F)F)ccc1C#N)C1CC1. The van der Waals surface area contributed by atoms with Gasteiger partial charge in [-0.05, 0) is 31.4 Å². The van der Waals surface area contributed by atoms with Crippen molar-refractivity contribution in [2.24, 2.45) is 0 Å². The molecule has 2 rings (SSSR count). The minimum absolute atomic E-state index is 0.168. The molecule has 0 radical (unpaired) electrons. The normalized spacial score (nSPS) is 15.1. The molecule has 1 aliphatic carbocycles. The summed E-state index contributed by atoms with van der Waals surface area (Å²) in [6.45, 7) is 2.57. The van der Waals surface area contributed by atoms with Crippen LogP contribution >= 0.6 is 0 Å². The van der Waals surface area contributed by atoms with Gasteiger partial charge in [0, 0.05) is 12.6 Å². The van der Waals surface area contributed by atoms with Gasteiger partial charge in [-0.3, -0.25) is 0 Å². The highest BCUT2D eigenvalue weighted by Crippen LogP contribution is 2.35. The minimum Gasteiger partial charge on any atom is -0.353 e. The Morgan fingerprint density at radius 1 is 1.42 bits per heavy atom. The first kappa shape index (κ1) is 13.7. The number of hydrogen-bond donors (Lipinski definition) is 0. The number of aromatic nitrogens is 1. The molecule has 0 spiro atoms. The standard InChI is InChI=1S/C13H14F3N3/c1-2-7-19(10-4-5-10)12-9(8-17)3-6-11(18-12)13(14,15)16/h3,6,10H,2,4-5,7H2,1H3. The summed E-state index contributed by atoms with van der Waals surface area (Å²) in [5.74, 6) is 0.168. The molecule has 0 N–H and O–H groups in total. The second-order valence-electron chi connectivity index (χ2n) is 4.60. The van der Waals surface area contributed by atoms with Gasteiger partial charge in [-0.25, -0.2) is 4.98 Å². The van der Waals surface area contributed by atoms with E-state index in [9.17, 15) is 13.2 Å².